The predicted molar refractivity (Wildman–Crippen MR) is 126 cm³/mol. The molecule has 4 rings (SSSR count). The predicted octanol–water partition coefficient (Wildman–Crippen LogP) is 1.68. The van der Waals surface area contributed by atoms with Crippen LogP contribution in [0.5, 0.6) is 11.5 Å². The lowest BCUT2D eigenvalue weighted by atomic mass is 9.85. The molecule has 0 spiro atoms. The molecule has 9 nitrogen and oxygen atoms in total. The van der Waals surface area contributed by atoms with Crippen molar-refractivity contribution in [3.63, 3.8) is 0 Å². The fourth-order valence-electron chi connectivity index (χ4n) is 4.33. The maximum atomic E-state index is 13.0. The van der Waals surface area contributed by atoms with Crippen molar-refractivity contribution in [3.05, 3.63) is 51.1 Å². The molecule has 1 fully saturated rings. The van der Waals surface area contributed by atoms with Crippen LogP contribution in [-0.2, 0) is 9.09 Å². The lowest BCUT2D eigenvalue weighted by Crippen LogP contribution is -2.41. The highest BCUT2D eigenvalue weighted by Gasteiger charge is 2.38. The van der Waals surface area contributed by atoms with Crippen LogP contribution in [0.4, 0.5) is 0 Å². The fraction of sp³-hybridized carbons (Fsp3) is 0.286. The number of fused-ring (bicyclic) bond motifs is 1. The Morgan fingerprint density at radius 2 is 1.97 bits per heavy atom. The Labute approximate surface area is 194 Å². The van der Waals surface area contributed by atoms with E-state index in [0.717, 1.165) is 11.5 Å². The van der Waals surface area contributed by atoms with Crippen molar-refractivity contribution < 1.29 is 33.5 Å². The number of phosphoric ester groups is 1. The first-order valence-corrected chi connectivity index (χ1v) is 12.1. The normalized spacial score (nSPS) is 19.8. The average Bonchev–Trinajstić information content (AvgIpc) is 2.69. The molecule has 12 heteroatoms. The van der Waals surface area contributed by atoms with Gasteiger partial charge >= 0.3 is 7.82 Å². The largest absolute Gasteiger partial charge is 0.507 e. The number of benzene rings is 2. The van der Waals surface area contributed by atoms with Crippen molar-refractivity contribution in [1.82, 2.24) is 4.90 Å². The van der Waals surface area contributed by atoms with Gasteiger partial charge in [-0.05, 0) is 26.1 Å². The lowest BCUT2D eigenvalue weighted by Gasteiger charge is -2.36. The van der Waals surface area contributed by atoms with Crippen LogP contribution in [0.3, 0.4) is 0 Å². The van der Waals surface area contributed by atoms with Gasteiger partial charge in [0.25, 0.3) is 0 Å². The molecule has 3 aromatic rings. The minimum Gasteiger partial charge on any atom is -0.507 e. The smallest absolute Gasteiger partial charge is 0.469 e. The summed E-state index contributed by atoms with van der Waals surface area (Å²) in [7, 11) is -1.27. The standard InChI is InChI=1S/C21H22BClNO8P/c1-24-6-5-10(17(9-24)32-33(28,29)30)18-13(25)7-14(26)19-15(27)8-16(31-21(18)19)11-3-2-4-12(22)20(11)23/h2-4,7-8,10,17,25-26H,5-6,9,22H2,1H3,(H2,28,29,30)/t10-,17+/m0/s1. The Hall–Kier alpha value is -2.33. The van der Waals surface area contributed by atoms with E-state index >= 15 is 0 Å². The number of piperidine rings is 1. The second-order valence-corrected chi connectivity index (χ2v) is 9.81. The third-order valence-corrected chi connectivity index (χ3v) is 6.91. The third kappa shape index (κ3) is 4.68. The first-order chi connectivity index (χ1) is 15.5. The molecule has 2 atom stereocenters. The number of likely N-dealkylation sites (tertiary alicyclic amines) is 1. The summed E-state index contributed by atoms with van der Waals surface area (Å²) in [4.78, 5) is 33.7. The van der Waals surface area contributed by atoms with Gasteiger partial charge in [-0.1, -0.05) is 29.2 Å². The Bertz CT molecular complexity index is 1340. The van der Waals surface area contributed by atoms with Gasteiger partial charge in [0.1, 0.15) is 36.1 Å². The lowest BCUT2D eigenvalue weighted by molar-refractivity contribution is 0.0544. The van der Waals surface area contributed by atoms with Gasteiger partial charge < -0.3 is 29.3 Å². The molecule has 2 heterocycles. The van der Waals surface area contributed by atoms with Gasteiger partial charge in [-0.3, -0.25) is 9.32 Å². The van der Waals surface area contributed by atoms with E-state index in [9.17, 15) is 29.4 Å². The number of hydrogen-bond acceptors (Lipinski definition) is 7. The molecular formula is C21H22BClNO8P. The van der Waals surface area contributed by atoms with Gasteiger partial charge in [0, 0.05) is 40.7 Å². The molecule has 1 aliphatic heterocycles. The van der Waals surface area contributed by atoms with Crippen LogP contribution in [-0.4, -0.2) is 59.0 Å². The number of likely N-dealkylation sites (N-methyl/N-ethyl adjacent to an activating group) is 1. The van der Waals surface area contributed by atoms with Gasteiger partial charge in [0.05, 0.1) is 6.10 Å². The van der Waals surface area contributed by atoms with Crippen LogP contribution in [0.1, 0.15) is 17.9 Å². The number of phenols is 2. The summed E-state index contributed by atoms with van der Waals surface area (Å²) >= 11 is 6.42. The zero-order valence-electron chi connectivity index (χ0n) is 17.9. The second kappa shape index (κ2) is 8.79. The first-order valence-electron chi connectivity index (χ1n) is 10.2. The molecule has 1 saturated heterocycles. The Morgan fingerprint density at radius 3 is 2.67 bits per heavy atom. The van der Waals surface area contributed by atoms with E-state index in [1.54, 1.807) is 33.1 Å². The molecular weight excluding hydrogens is 471 g/mol. The topological polar surface area (TPSA) is 141 Å². The Balaban J connectivity index is 1.98. The highest BCUT2D eigenvalue weighted by Crippen LogP contribution is 2.47. The highest BCUT2D eigenvalue weighted by atomic mass is 35.5. The van der Waals surface area contributed by atoms with Crippen LogP contribution in [0.15, 0.2) is 39.5 Å². The number of aromatic hydroxyl groups is 2. The number of hydrogen-bond donors (Lipinski definition) is 4. The first kappa shape index (κ1) is 23.8. The summed E-state index contributed by atoms with van der Waals surface area (Å²) in [6.07, 6.45) is -0.645. The minimum atomic E-state index is -4.85. The van der Waals surface area contributed by atoms with Gasteiger partial charge in [-0.2, -0.15) is 0 Å². The number of halogens is 1. The van der Waals surface area contributed by atoms with Crippen LogP contribution < -0.4 is 10.9 Å². The average molecular weight is 494 g/mol. The van der Waals surface area contributed by atoms with E-state index in [0.29, 0.717) is 23.6 Å². The quantitative estimate of drug-likeness (QED) is 0.315. The summed E-state index contributed by atoms with van der Waals surface area (Å²) in [6.45, 7) is 0.715. The van der Waals surface area contributed by atoms with Crippen molar-refractivity contribution >= 4 is 43.7 Å². The van der Waals surface area contributed by atoms with Gasteiger partial charge in [0.15, 0.2) is 5.43 Å². The molecule has 33 heavy (non-hydrogen) atoms. The van der Waals surface area contributed by atoms with Crippen LogP contribution in [0.2, 0.25) is 5.02 Å². The molecule has 2 aromatic carbocycles. The van der Waals surface area contributed by atoms with E-state index in [2.05, 4.69) is 0 Å². The fourth-order valence-corrected chi connectivity index (χ4v) is 5.12. The summed E-state index contributed by atoms with van der Waals surface area (Å²) in [6, 6.07) is 7.47. The van der Waals surface area contributed by atoms with Crippen molar-refractivity contribution in [2.75, 3.05) is 20.1 Å². The Kier molecular flexibility index (Phi) is 6.35. The number of phenolic OH excluding ortho intramolecular Hbond substituents is 2. The number of nitrogens with zero attached hydrogens (tertiary/aromatic N) is 1. The zero-order chi connectivity index (χ0) is 24.1. The third-order valence-electron chi connectivity index (χ3n) is 5.86. The van der Waals surface area contributed by atoms with Gasteiger partial charge in [-0.15, -0.1) is 0 Å². The van der Waals surface area contributed by atoms with E-state index in [1.807, 2.05) is 4.90 Å². The molecule has 0 aliphatic carbocycles. The molecule has 1 aliphatic rings. The second-order valence-electron chi connectivity index (χ2n) is 8.24. The molecule has 0 unspecified atom stereocenters. The summed E-state index contributed by atoms with van der Waals surface area (Å²) in [5.74, 6) is -1.43. The van der Waals surface area contributed by atoms with E-state index in [1.165, 1.54) is 6.07 Å². The maximum Gasteiger partial charge on any atom is 0.469 e. The minimum absolute atomic E-state index is 0.0820. The number of phosphoric acid groups is 1. The summed E-state index contributed by atoms with van der Waals surface area (Å²) in [5, 5.41) is 21.4. The van der Waals surface area contributed by atoms with E-state index in [-0.39, 0.29) is 34.6 Å². The highest BCUT2D eigenvalue weighted by molar-refractivity contribution is 7.46. The van der Waals surface area contributed by atoms with Crippen molar-refractivity contribution in [3.8, 4) is 22.8 Å². The maximum absolute atomic E-state index is 13.0. The van der Waals surface area contributed by atoms with Gasteiger partial charge in [0.2, 0.25) is 0 Å². The van der Waals surface area contributed by atoms with Crippen LogP contribution >= 0.6 is 19.4 Å². The molecule has 1 aromatic heterocycles. The molecule has 0 saturated carbocycles. The van der Waals surface area contributed by atoms with Crippen molar-refractivity contribution in [2.24, 2.45) is 0 Å². The number of rotatable bonds is 4. The molecule has 174 valence electrons. The van der Waals surface area contributed by atoms with Crippen LogP contribution in [0.25, 0.3) is 22.3 Å². The molecule has 0 radical (unpaired) electrons. The SMILES string of the molecule is Bc1cccc(-c2cc(=O)c3c(O)cc(O)c([C@H]4CCN(C)C[C@H]4OP(=O)(O)O)c3o2)c1Cl. The summed E-state index contributed by atoms with van der Waals surface area (Å²) in [5.41, 5.74) is 0.721. The van der Waals surface area contributed by atoms with Crippen molar-refractivity contribution in [2.45, 2.75) is 18.4 Å². The zero-order valence-corrected chi connectivity index (χ0v) is 19.5. The summed E-state index contributed by atoms with van der Waals surface area (Å²) < 4.78 is 22.7. The molecule has 0 bridgehead atoms. The van der Waals surface area contributed by atoms with E-state index < -0.39 is 31.0 Å². The van der Waals surface area contributed by atoms with Crippen LogP contribution in [0, 0.1) is 0 Å². The van der Waals surface area contributed by atoms with E-state index in [4.69, 9.17) is 20.5 Å². The molecule has 4 N–H and O–H groups in total. The monoisotopic (exact) mass is 493 g/mol. The van der Waals surface area contributed by atoms with Crippen molar-refractivity contribution in [1.29, 1.82) is 0 Å². The van der Waals surface area contributed by atoms with Gasteiger partial charge in [-0.25, -0.2) is 4.57 Å². The Morgan fingerprint density at radius 1 is 1.24 bits per heavy atom. The molecule has 0 amide bonds.